The number of fused-ring (bicyclic) bond motifs is 1. The van der Waals surface area contributed by atoms with Gasteiger partial charge in [0.2, 0.25) is 5.89 Å². The van der Waals surface area contributed by atoms with Crippen LogP contribution in [-0.2, 0) is 6.54 Å². The minimum Gasteiger partial charge on any atom is -0.436 e. The molecule has 18 heavy (non-hydrogen) atoms. The lowest BCUT2D eigenvalue weighted by Gasteiger charge is -1.94. The maximum Gasteiger partial charge on any atom is 0.233 e. The Kier molecular flexibility index (Phi) is 2.59. The number of nitrogens with zero attached hydrogens (tertiary/aromatic N) is 2. The first-order chi connectivity index (χ1) is 8.76. The first kappa shape index (κ1) is 11.0. The van der Waals surface area contributed by atoms with E-state index in [1.165, 1.54) is 5.56 Å². The highest BCUT2D eigenvalue weighted by Crippen LogP contribution is 2.23. The fraction of sp³-hybridized carbons (Fsp3) is 0.200. The predicted molar refractivity (Wildman–Crippen MR) is 70.1 cm³/mol. The van der Waals surface area contributed by atoms with Crippen LogP contribution in [0.15, 0.2) is 47.1 Å². The number of benzene rings is 1. The average Bonchev–Trinajstić information content (AvgIpc) is 2.81. The summed E-state index contributed by atoms with van der Waals surface area (Å²) >= 11 is 0. The van der Waals surface area contributed by atoms with Crippen molar-refractivity contribution in [3.8, 4) is 11.5 Å². The average molecular weight is 239 g/mol. The van der Waals surface area contributed by atoms with Crippen molar-refractivity contribution >= 4 is 11.1 Å². The van der Waals surface area contributed by atoms with E-state index in [0.29, 0.717) is 5.89 Å². The summed E-state index contributed by atoms with van der Waals surface area (Å²) in [5.74, 6) is 0.679. The van der Waals surface area contributed by atoms with E-state index < -0.39 is 0 Å². The second-order valence-corrected chi connectivity index (χ2v) is 4.41. The highest BCUT2D eigenvalue weighted by atomic mass is 16.3. The summed E-state index contributed by atoms with van der Waals surface area (Å²) in [4.78, 5) is 4.52. The number of aryl methyl sites for hydroxylation is 2. The Bertz CT molecular complexity index is 701. The van der Waals surface area contributed by atoms with Crippen molar-refractivity contribution in [1.29, 1.82) is 0 Å². The van der Waals surface area contributed by atoms with Gasteiger partial charge >= 0.3 is 0 Å². The van der Waals surface area contributed by atoms with Crippen LogP contribution in [0.4, 0.5) is 0 Å². The Morgan fingerprint density at radius 3 is 3.00 bits per heavy atom. The SMILES string of the molecule is CC[n+]1cccc(-c2nc3ccc(C)cc3o2)c1. The van der Waals surface area contributed by atoms with Gasteiger partial charge in [-0.3, -0.25) is 0 Å². The monoisotopic (exact) mass is 239 g/mol. The van der Waals surface area contributed by atoms with E-state index in [9.17, 15) is 0 Å². The Morgan fingerprint density at radius 1 is 1.28 bits per heavy atom. The molecule has 0 aliphatic heterocycles. The molecule has 0 bridgehead atoms. The summed E-state index contributed by atoms with van der Waals surface area (Å²) in [7, 11) is 0. The molecule has 0 saturated carbocycles. The molecule has 0 fully saturated rings. The zero-order valence-electron chi connectivity index (χ0n) is 10.6. The lowest BCUT2D eigenvalue weighted by atomic mass is 10.2. The molecule has 2 aromatic heterocycles. The standard InChI is InChI=1S/C15H15N2O/c1-3-17-8-4-5-12(10-17)15-16-13-7-6-11(2)9-14(13)18-15/h4-10H,3H2,1-2H3/q+1. The summed E-state index contributed by atoms with van der Waals surface area (Å²) in [5.41, 5.74) is 3.94. The van der Waals surface area contributed by atoms with Crippen molar-refractivity contribution in [2.75, 3.05) is 0 Å². The van der Waals surface area contributed by atoms with E-state index in [2.05, 4.69) is 29.6 Å². The van der Waals surface area contributed by atoms with E-state index in [0.717, 1.165) is 23.2 Å². The molecular formula is C15H15N2O+. The van der Waals surface area contributed by atoms with Gasteiger partial charge in [-0.15, -0.1) is 0 Å². The number of aromatic nitrogens is 2. The molecule has 2 heterocycles. The second kappa shape index (κ2) is 4.26. The van der Waals surface area contributed by atoms with Gasteiger partial charge in [-0.05, 0) is 37.6 Å². The van der Waals surface area contributed by atoms with Crippen LogP contribution >= 0.6 is 0 Å². The molecule has 0 aliphatic carbocycles. The molecule has 0 spiro atoms. The van der Waals surface area contributed by atoms with Crippen LogP contribution in [0.1, 0.15) is 12.5 Å². The third-order valence-electron chi connectivity index (χ3n) is 3.01. The third kappa shape index (κ3) is 1.88. The molecule has 0 unspecified atom stereocenters. The van der Waals surface area contributed by atoms with Crippen molar-refractivity contribution in [2.45, 2.75) is 20.4 Å². The van der Waals surface area contributed by atoms with Crippen molar-refractivity contribution in [3.63, 3.8) is 0 Å². The molecule has 1 aromatic carbocycles. The quantitative estimate of drug-likeness (QED) is 0.643. The zero-order valence-corrected chi connectivity index (χ0v) is 10.6. The first-order valence-electron chi connectivity index (χ1n) is 6.13. The lowest BCUT2D eigenvalue weighted by Crippen LogP contribution is -2.30. The molecule has 3 nitrogen and oxygen atoms in total. The minimum atomic E-state index is 0.679. The Balaban J connectivity index is 2.13. The maximum atomic E-state index is 5.81. The molecule has 0 amide bonds. The molecule has 3 rings (SSSR count). The van der Waals surface area contributed by atoms with Gasteiger partial charge in [-0.25, -0.2) is 9.55 Å². The summed E-state index contributed by atoms with van der Waals surface area (Å²) < 4.78 is 7.92. The van der Waals surface area contributed by atoms with E-state index >= 15 is 0 Å². The van der Waals surface area contributed by atoms with Gasteiger partial charge in [0.1, 0.15) is 17.6 Å². The van der Waals surface area contributed by atoms with Crippen LogP contribution < -0.4 is 4.57 Å². The zero-order chi connectivity index (χ0) is 12.5. The molecule has 3 aromatic rings. The van der Waals surface area contributed by atoms with Crippen molar-refractivity contribution in [2.24, 2.45) is 0 Å². The highest BCUT2D eigenvalue weighted by Gasteiger charge is 2.11. The van der Waals surface area contributed by atoms with Crippen LogP contribution in [0.5, 0.6) is 0 Å². The van der Waals surface area contributed by atoms with Gasteiger partial charge in [0, 0.05) is 6.07 Å². The highest BCUT2D eigenvalue weighted by molar-refractivity contribution is 5.76. The second-order valence-electron chi connectivity index (χ2n) is 4.41. The van der Waals surface area contributed by atoms with Crippen LogP contribution in [0, 0.1) is 6.92 Å². The fourth-order valence-corrected chi connectivity index (χ4v) is 2.00. The number of hydrogen-bond acceptors (Lipinski definition) is 2. The fourth-order valence-electron chi connectivity index (χ4n) is 2.00. The summed E-state index contributed by atoms with van der Waals surface area (Å²) in [6.07, 6.45) is 4.09. The van der Waals surface area contributed by atoms with Gasteiger partial charge in [0.15, 0.2) is 18.0 Å². The molecule has 3 heteroatoms. The van der Waals surface area contributed by atoms with Gasteiger partial charge in [-0.1, -0.05) is 6.07 Å². The van der Waals surface area contributed by atoms with Crippen LogP contribution in [-0.4, -0.2) is 4.98 Å². The molecule has 0 aliphatic rings. The normalized spacial score (nSPS) is 11.0. The van der Waals surface area contributed by atoms with Crippen LogP contribution in [0.3, 0.4) is 0 Å². The van der Waals surface area contributed by atoms with E-state index in [1.807, 2.05) is 36.5 Å². The molecule has 0 atom stereocenters. The topological polar surface area (TPSA) is 29.9 Å². The largest absolute Gasteiger partial charge is 0.436 e. The van der Waals surface area contributed by atoms with E-state index in [-0.39, 0.29) is 0 Å². The van der Waals surface area contributed by atoms with Crippen LogP contribution in [0.25, 0.3) is 22.6 Å². The molecular weight excluding hydrogens is 224 g/mol. The number of oxazole rings is 1. The molecule has 0 radical (unpaired) electrons. The molecule has 0 saturated heterocycles. The van der Waals surface area contributed by atoms with Crippen molar-refractivity contribution in [1.82, 2.24) is 4.98 Å². The van der Waals surface area contributed by atoms with Gasteiger partial charge in [0.05, 0.1) is 0 Å². The summed E-state index contributed by atoms with van der Waals surface area (Å²) in [6.45, 7) is 5.10. The Labute approximate surface area is 106 Å². The van der Waals surface area contributed by atoms with Gasteiger partial charge in [-0.2, -0.15) is 0 Å². The number of pyridine rings is 1. The Hall–Kier alpha value is -2.16. The van der Waals surface area contributed by atoms with Crippen LogP contribution in [0.2, 0.25) is 0 Å². The van der Waals surface area contributed by atoms with Crippen molar-refractivity contribution < 1.29 is 8.98 Å². The molecule has 90 valence electrons. The first-order valence-corrected chi connectivity index (χ1v) is 6.13. The van der Waals surface area contributed by atoms with Crippen molar-refractivity contribution in [3.05, 3.63) is 48.3 Å². The smallest absolute Gasteiger partial charge is 0.233 e. The van der Waals surface area contributed by atoms with Gasteiger partial charge < -0.3 is 4.42 Å². The number of rotatable bonds is 2. The van der Waals surface area contributed by atoms with Gasteiger partial charge in [0.25, 0.3) is 0 Å². The van der Waals surface area contributed by atoms with E-state index in [1.54, 1.807) is 0 Å². The maximum absolute atomic E-state index is 5.81. The van der Waals surface area contributed by atoms with E-state index in [4.69, 9.17) is 4.42 Å². The lowest BCUT2D eigenvalue weighted by molar-refractivity contribution is -0.693. The minimum absolute atomic E-state index is 0.679. The Morgan fingerprint density at radius 2 is 2.17 bits per heavy atom. The predicted octanol–water partition coefficient (Wildman–Crippen LogP) is 3.11. The third-order valence-corrected chi connectivity index (χ3v) is 3.01. The number of hydrogen-bond donors (Lipinski definition) is 0. The summed E-state index contributed by atoms with van der Waals surface area (Å²) in [6, 6.07) is 10.1. The molecule has 0 N–H and O–H groups in total. The summed E-state index contributed by atoms with van der Waals surface area (Å²) in [5, 5.41) is 0.